The van der Waals surface area contributed by atoms with Crippen LogP contribution >= 0.6 is 0 Å². The van der Waals surface area contributed by atoms with Crippen LogP contribution in [0.3, 0.4) is 0 Å². The van der Waals surface area contributed by atoms with Gasteiger partial charge in [-0.2, -0.15) is 0 Å². The predicted molar refractivity (Wildman–Crippen MR) is 73.9 cm³/mol. The predicted octanol–water partition coefficient (Wildman–Crippen LogP) is 3.04. The van der Waals surface area contributed by atoms with Gasteiger partial charge in [0.2, 0.25) is 0 Å². The Morgan fingerprint density at radius 1 is 0.938 bits per heavy atom. The first-order valence-electron chi connectivity index (χ1n) is 7.15. The quantitative estimate of drug-likeness (QED) is 0.568. The van der Waals surface area contributed by atoms with Crippen molar-refractivity contribution in [2.45, 2.75) is 53.4 Å². The van der Waals surface area contributed by atoms with Crippen LogP contribution in [-0.2, 0) is 0 Å². The summed E-state index contributed by atoms with van der Waals surface area (Å²) in [5.41, 5.74) is 0. The Labute approximate surface area is 103 Å². The van der Waals surface area contributed by atoms with Crippen molar-refractivity contribution in [2.24, 2.45) is 11.8 Å². The normalized spacial score (nSPS) is 15.0. The lowest BCUT2D eigenvalue weighted by molar-refractivity contribution is 0.394. The van der Waals surface area contributed by atoms with Crippen LogP contribution in [0.25, 0.3) is 0 Å². The molecule has 0 rings (SSSR count). The molecule has 0 saturated heterocycles. The van der Waals surface area contributed by atoms with Crippen LogP contribution in [0.4, 0.5) is 0 Å². The third kappa shape index (κ3) is 9.17. The summed E-state index contributed by atoms with van der Waals surface area (Å²) in [7, 11) is 0. The largest absolute Gasteiger partial charge is 0.317 e. The zero-order chi connectivity index (χ0) is 12.2. The lowest BCUT2D eigenvalue weighted by atomic mass is 9.99. The molecule has 0 aromatic heterocycles. The molecule has 0 saturated carbocycles. The summed E-state index contributed by atoms with van der Waals surface area (Å²) >= 11 is 0. The lowest BCUT2D eigenvalue weighted by Crippen LogP contribution is -2.32. The van der Waals surface area contributed by atoms with Crippen molar-refractivity contribution in [2.75, 3.05) is 26.2 Å². The monoisotopic (exact) mass is 228 g/mol. The first-order valence-corrected chi connectivity index (χ1v) is 7.15. The number of rotatable bonds is 11. The van der Waals surface area contributed by atoms with Crippen LogP contribution in [0.15, 0.2) is 0 Å². The molecule has 2 nitrogen and oxygen atoms in total. The molecule has 0 aromatic rings. The van der Waals surface area contributed by atoms with E-state index in [4.69, 9.17) is 0 Å². The standard InChI is InChI=1S/C14H32N2/c1-5-8-9-14(6-2)12-16-11-13(4)10-15-7-3/h13-16H,5-12H2,1-4H3. The summed E-state index contributed by atoms with van der Waals surface area (Å²) in [5, 5.41) is 7.01. The Morgan fingerprint density at radius 3 is 2.19 bits per heavy atom. The van der Waals surface area contributed by atoms with E-state index in [1.54, 1.807) is 0 Å². The minimum Gasteiger partial charge on any atom is -0.317 e. The van der Waals surface area contributed by atoms with Crippen LogP contribution in [0, 0.1) is 11.8 Å². The highest BCUT2D eigenvalue weighted by atomic mass is 14.9. The van der Waals surface area contributed by atoms with Gasteiger partial charge in [-0.15, -0.1) is 0 Å². The maximum absolute atomic E-state index is 3.61. The molecule has 0 aliphatic rings. The van der Waals surface area contributed by atoms with Crippen molar-refractivity contribution in [1.82, 2.24) is 10.6 Å². The highest BCUT2D eigenvalue weighted by molar-refractivity contribution is 4.64. The summed E-state index contributed by atoms with van der Waals surface area (Å²) < 4.78 is 0. The van der Waals surface area contributed by atoms with Gasteiger partial charge in [0.15, 0.2) is 0 Å². The molecule has 0 aliphatic carbocycles. The van der Waals surface area contributed by atoms with Crippen molar-refractivity contribution in [3.05, 3.63) is 0 Å². The molecule has 2 atom stereocenters. The van der Waals surface area contributed by atoms with Gasteiger partial charge in [-0.1, -0.05) is 47.0 Å². The van der Waals surface area contributed by atoms with E-state index < -0.39 is 0 Å². The van der Waals surface area contributed by atoms with Crippen LogP contribution in [-0.4, -0.2) is 26.2 Å². The summed E-state index contributed by atoms with van der Waals surface area (Å²) in [5.74, 6) is 1.62. The maximum Gasteiger partial charge on any atom is -0.00109 e. The van der Waals surface area contributed by atoms with E-state index in [1.807, 2.05) is 0 Å². The number of nitrogens with one attached hydrogen (secondary N) is 2. The molecule has 0 spiro atoms. The topological polar surface area (TPSA) is 24.1 Å². The van der Waals surface area contributed by atoms with E-state index in [9.17, 15) is 0 Å². The lowest BCUT2D eigenvalue weighted by Gasteiger charge is -2.18. The zero-order valence-corrected chi connectivity index (χ0v) is 11.8. The number of hydrogen-bond acceptors (Lipinski definition) is 2. The fourth-order valence-corrected chi connectivity index (χ4v) is 1.94. The molecular weight excluding hydrogens is 196 g/mol. The van der Waals surface area contributed by atoms with E-state index in [-0.39, 0.29) is 0 Å². The third-order valence-corrected chi connectivity index (χ3v) is 3.21. The van der Waals surface area contributed by atoms with Crippen molar-refractivity contribution in [3.63, 3.8) is 0 Å². The summed E-state index contributed by atoms with van der Waals surface area (Å²) in [6.45, 7) is 13.6. The summed E-state index contributed by atoms with van der Waals surface area (Å²) in [6, 6.07) is 0. The molecular formula is C14H32N2. The molecule has 0 aromatic carbocycles. The fourth-order valence-electron chi connectivity index (χ4n) is 1.94. The average molecular weight is 228 g/mol. The average Bonchev–Trinajstić information content (AvgIpc) is 2.30. The fraction of sp³-hybridized carbons (Fsp3) is 1.00. The molecule has 0 amide bonds. The second-order valence-electron chi connectivity index (χ2n) is 4.99. The van der Waals surface area contributed by atoms with Gasteiger partial charge in [-0.3, -0.25) is 0 Å². The third-order valence-electron chi connectivity index (χ3n) is 3.21. The summed E-state index contributed by atoms with van der Waals surface area (Å²) in [6.07, 6.45) is 5.41. The van der Waals surface area contributed by atoms with Gasteiger partial charge in [0.1, 0.15) is 0 Å². The minimum atomic E-state index is 0.739. The molecule has 2 unspecified atom stereocenters. The van der Waals surface area contributed by atoms with Crippen LogP contribution in [0.2, 0.25) is 0 Å². The molecule has 16 heavy (non-hydrogen) atoms. The van der Waals surface area contributed by atoms with E-state index in [1.165, 1.54) is 32.2 Å². The first kappa shape index (κ1) is 15.9. The maximum atomic E-state index is 3.61. The van der Waals surface area contributed by atoms with Gasteiger partial charge in [0.05, 0.1) is 0 Å². The highest BCUT2D eigenvalue weighted by Gasteiger charge is 2.06. The number of hydrogen-bond donors (Lipinski definition) is 2. The van der Waals surface area contributed by atoms with Crippen molar-refractivity contribution in [1.29, 1.82) is 0 Å². The molecule has 0 radical (unpaired) electrons. The van der Waals surface area contributed by atoms with E-state index >= 15 is 0 Å². The van der Waals surface area contributed by atoms with Gasteiger partial charge in [-0.25, -0.2) is 0 Å². The molecule has 2 heteroatoms. The molecule has 0 heterocycles. The van der Waals surface area contributed by atoms with Crippen LogP contribution in [0.5, 0.6) is 0 Å². The van der Waals surface area contributed by atoms with Crippen LogP contribution < -0.4 is 10.6 Å². The van der Waals surface area contributed by atoms with E-state index in [2.05, 4.69) is 38.3 Å². The Bertz CT molecular complexity index is 137. The van der Waals surface area contributed by atoms with Crippen molar-refractivity contribution < 1.29 is 0 Å². The van der Waals surface area contributed by atoms with E-state index in [0.29, 0.717) is 0 Å². The first-order chi connectivity index (χ1) is 7.74. The van der Waals surface area contributed by atoms with Crippen LogP contribution in [0.1, 0.15) is 53.4 Å². The van der Waals surface area contributed by atoms with Gasteiger partial charge < -0.3 is 10.6 Å². The van der Waals surface area contributed by atoms with Gasteiger partial charge >= 0.3 is 0 Å². The Morgan fingerprint density at radius 2 is 1.62 bits per heavy atom. The minimum absolute atomic E-state index is 0.739. The highest BCUT2D eigenvalue weighted by Crippen LogP contribution is 2.11. The Balaban J connectivity index is 3.45. The Kier molecular flexibility index (Phi) is 11.3. The molecule has 0 fully saturated rings. The van der Waals surface area contributed by atoms with Crippen molar-refractivity contribution >= 4 is 0 Å². The SMILES string of the molecule is CCCCC(CC)CNCC(C)CNCC. The Hall–Kier alpha value is -0.0800. The smallest absolute Gasteiger partial charge is 0.00109 e. The molecule has 0 bridgehead atoms. The van der Waals surface area contributed by atoms with Crippen molar-refractivity contribution in [3.8, 4) is 0 Å². The second kappa shape index (κ2) is 11.4. The zero-order valence-electron chi connectivity index (χ0n) is 11.8. The van der Waals surface area contributed by atoms with Gasteiger partial charge in [-0.05, 0) is 44.4 Å². The van der Waals surface area contributed by atoms with E-state index in [0.717, 1.165) is 31.5 Å². The summed E-state index contributed by atoms with van der Waals surface area (Å²) in [4.78, 5) is 0. The molecule has 2 N–H and O–H groups in total. The van der Waals surface area contributed by atoms with Gasteiger partial charge in [0.25, 0.3) is 0 Å². The molecule has 0 aliphatic heterocycles. The number of unbranched alkanes of at least 4 members (excludes halogenated alkanes) is 1. The van der Waals surface area contributed by atoms with Gasteiger partial charge in [0, 0.05) is 0 Å². The second-order valence-corrected chi connectivity index (χ2v) is 4.99. The molecule has 98 valence electrons.